The van der Waals surface area contributed by atoms with Gasteiger partial charge in [-0.05, 0) is 44.6 Å². The molecule has 8 heteroatoms. The van der Waals surface area contributed by atoms with Crippen molar-refractivity contribution >= 4 is 60.8 Å². The Morgan fingerprint density at radius 1 is 0.812 bits per heavy atom. The standard InChI is InChI=1S/C8H22O2S4Si2/c1-9-15-7-3-5-11-13-14-12-6-4-8-16-10-2/h3-8,15-16H2,1-2H3. The lowest BCUT2D eigenvalue weighted by atomic mass is 10.6. The van der Waals surface area contributed by atoms with Crippen molar-refractivity contribution in [3.8, 4) is 0 Å². The Kier molecular flexibility index (Phi) is 18.6. The second-order valence-corrected chi connectivity index (χ2v) is 12.8. The SMILES string of the molecule is CO[SiH2]CCCSSSSCCC[SiH2]OC. The zero-order chi connectivity index (χ0) is 11.9. The molecule has 0 aromatic carbocycles. The molecule has 0 aliphatic rings. The molecule has 0 radical (unpaired) electrons. The minimum atomic E-state index is -0.177. The average Bonchev–Trinajstić information content (AvgIpc) is 2.31. The number of hydrogen-bond donors (Lipinski definition) is 0. The summed E-state index contributed by atoms with van der Waals surface area (Å²) in [7, 11) is 11.1. The van der Waals surface area contributed by atoms with Gasteiger partial charge in [-0.15, -0.1) is 0 Å². The first kappa shape index (κ1) is 17.8. The van der Waals surface area contributed by atoms with Crippen molar-refractivity contribution in [2.24, 2.45) is 0 Å². The summed E-state index contributed by atoms with van der Waals surface area (Å²) in [4.78, 5) is 0. The van der Waals surface area contributed by atoms with E-state index < -0.39 is 0 Å². The van der Waals surface area contributed by atoms with Crippen LogP contribution in [0.15, 0.2) is 0 Å². The van der Waals surface area contributed by atoms with Gasteiger partial charge in [-0.1, -0.05) is 21.6 Å². The van der Waals surface area contributed by atoms with E-state index in [1.807, 2.05) is 55.5 Å². The Balaban J connectivity index is 2.83. The van der Waals surface area contributed by atoms with Crippen molar-refractivity contribution in [2.75, 3.05) is 25.7 Å². The molecule has 0 atom stereocenters. The quantitative estimate of drug-likeness (QED) is 0.291. The summed E-state index contributed by atoms with van der Waals surface area (Å²) in [5.74, 6) is 2.54. The third kappa shape index (κ3) is 15.8. The maximum atomic E-state index is 5.14. The maximum Gasteiger partial charge on any atom is 0.161 e. The third-order valence-corrected chi connectivity index (χ3v) is 10.8. The van der Waals surface area contributed by atoms with E-state index in [2.05, 4.69) is 0 Å². The van der Waals surface area contributed by atoms with Gasteiger partial charge in [-0.3, -0.25) is 0 Å². The summed E-state index contributed by atoms with van der Waals surface area (Å²) in [6.45, 7) is 0. The summed E-state index contributed by atoms with van der Waals surface area (Å²) in [5, 5.41) is 0. The third-order valence-electron chi connectivity index (χ3n) is 1.78. The molecule has 2 nitrogen and oxygen atoms in total. The number of hydrogen-bond acceptors (Lipinski definition) is 6. The van der Waals surface area contributed by atoms with Gasteiger partial charge in [0.15, 0.2) is 19.5 Å². The van der Waals surface area contributed by atoms with Crippen molar-refractivity contribution in [3.63, 3.8) is 0 Å². The largest absolute Gasteiger partial charge is 0.427 e. The van der Waals surface area contributed by atoms with Crippen LogP contribution in [-0.2, 0) is 8.85 Å². The molecule has 0 heterocycles. The predicted octanol–water partition coefficient (Wildman–Crippen LogP) is 2.74. The molecule has 0 aliphatic carbocycles. The van der Waals surface area contributed by atoms with Gasteiger partial charge in [-0.2, -0.15) is 0 Å². The highest BCUT2D eigenvalue weighted by molar-refractivity contribution is 9.26. The molecule has 0 aromatic rings. The molecule has 0 N–H and O–H groups in total. The molecule has 98 valence electrons. The van der Waals surface area contributed by atoms with Gasteiger partial charge < -0.3 is 8.85 Å². The lowest BCUT2D eigenvalue weighted by Gasteiger charge is -2.00. The molecule has 0 saturated carbocycles. The van der Waals surface area contributed by atoms with Gasteiger partial charge in [0.2, 0.25) is 0 Å². The van der Waals surface area contributed by atoms with Gasteiger partial charge in [0.1, 0.15) is 0 Å². The lowest BCUT2D eigenvalue weighted by molar-refractivity contribution is 0.440. The molecule has 0 aliphatic heterocycles. The Hall–Kier alpha value is 1.75. The molecule has 0 amide bonds. The minimum absolute atomic E-state index is 0.177. The lowest BCUT2D eigenvalue weighted by Crippen LogP contribution is -1.92. The molecular weight excluding hydrogens is 313 g/mol. The highest BCUT2D eigenvalue weighted by Gasteiger charge is 1.95. The van der Waals surface area contributed by atoms with E-state index in [0.717, 1.165) is 0 Å². The fourth-order valence-corrected chi connectivity index (χ4v) is 9.40. The average molecular weight is 335 g/mol. The molecule has 0 aromatic heterocycles. The van der Waals surface area contributed by atoms with Crippen LogP contribution in [0.3, 0.4) is 0 Å². The zero-order valence-electron chi connectivity index (χ0n) is 10.1. The molecule has 0 spiro atoms. The van der Waals surface area contributed by atoms with Crippen LogP contribution in [0.25, 0.3) is 0 Å². The first-order valence-corrected chi connectivity index (χ1v) is 13.8. The Morgan fingerprint density at radius 2 is 1.25 bits per heavy atom. The van der Waals surface area contributed by atoms with Gasteiger partial charge in [0.25, 0.3) is 0 Å². The first-order chi connectivity index (χ1) is 7.91. The second-order valence-electron chi connectivity index (χ2n) is 3.18. The van der Waals surface area contributed by atoms with E-state index in [1.165, 1.54) is 36.4 Å². The Morgan fingerprint density at radius 3 is 1.62 bits per heavy atom. The fourth-order valence-electron chi connectivity index (χ4n) is 0.922. The van der Waals surface area contributed by atoms with Gasteiger partial charge in [0, 0.05) is 25.7 Å². The monoisotopic (exact) mass is 334 g/mol. The molecule has 0 saturated heterocycles. The van der Waals surface area contributed by atoms with Crippen molar-refractivity contribution < 1.29 is 8.85 Å². The van der Waals surface area contributed by atoms with Crippen molar-refractivity contribution in [2.45, 2.75) is 24.9 Å². The first-order valence-electron chi connectivity index (χ1n) is 5.47. The van der Waals surface area contributed by atoms with Crippen LogP contribution in [0.5, 0.6) is 0 Å². The summed E-state index contributed by atoms with van der Waals surface area (Å²) in [6.07, 6.45) is 2.64. The second kappa shape index (κ2) is 16.8. The van der Waals surface area contributed by atoms with Gasteiger partial charge in [-0.25, -0.2) is 0 Å². The van der Waals surface area contributed by atoms with Gasteiger partial charge >= 0.3 is 0 Å². The number of rotatable bonds is 13. The van der Waals surface area contributed by atoms with E-state index in [0.29, 0.717) is 0 Å². The summed E-state index contributed by atoms with van der Waals surface area (Å²) < 4.78 is 10.3. The van der Waals surface area contributed by atoms with Crippen molar-refractivity contribution in [3.05, 3.63) is 0 Å². The molecular formula is C8H22O2S4Si2. The molecule has 16 heavy (non-hydrogen) atoms. The van der Waals surface area contributed by atoms with Crippen LogP contribution >= 0.6 is 41.2 Å². The van der Waals surface area contributed by atoms with E-state index in [4.69, 9.17) is 8.85 Å². The van der Waals surface area contributed by atoms with E-state index in [-0.39, 0.29) is 19.5 Å². The highest BCUT2D eigenvalue weighted by Crippen LogP contribution is 2.43. The molecule has 0 fully saturated rings. The summed E-state index contributed by atoms with van der Waals surface area (Å²) in [6, 6.07) is 2.65. The topological polar surface area (TPSA) is 18.5 Å². The molecule has 0 bridgehead atoms. The molecule has 0 unspecified atom stereocenters. The Bertz CT molecular complexity index is 121. The van der Waals surface area contributed by atoms with E-state index in [9.17, 15) is 0 Å². The summed E-state index contributed by atoms with van der Waals surface area (Å²) in [5.41, 5.74) is 0. The van der Waals surface area contributed by atoms with E-state index in [1.54, 1.807) is 0 Å². The van der Waals surface area contributed by atoms with Crippen LogP contribution in [0.2, 0.25) is 12.1 Å². The van der Waals surface area contributed by atoms with Crippen LogP contribution in [0.4, 0.5) is 0 Å². The van der Waals surface area contributed by atoms with Crippen molar-refractivity contribution in [1.29, 1.82) is 0 Å². The van der Waals surface area contributed by atoms with E-state index >= 15 is 0 Å². The fraction of sp³-hybridized carbons (Fsp3) is 1.00. The summed E-state index contributed by atoms with van der Waals surface area (Å²) >= 11 is 0. The minimum Gasteiger partial charge on any atom is -0.427 e. The predicted molar refractivity (Wildman–Crippen MR) is 90.1 cm³/mol. The zero-order valence-corrected chi connectivity index (χ0v) is 16.2. The smallest absolute Gasteiger partial charge is 0.161 e. The normalized spacial score (nSPS) is 12.4. The van der Waals surface area contributed by atoms with Gasteiger partial charge in [0.05, 0.1) is 0 Å². The molecule has 0 rings (SSSR count). The van der Waals surface area contributed by atoms with Crippen LogP contribution < -0.4 is 0 Å². The highest BCUT2D eigenvalue weighted by atomic mass is 33.7. The van der Waals surface area contributed by atoms with Crippen molar-refractivity contribution in [1.82, 2.24) is 0 Å². The van der Waals surface area contributed by atoms with Crippen LogP contribution in [-0.4, -0.2) is 45.3 Å². The Labute approximate surface area is 120 Å². The van der Waals surface area contributed by atoms with Crippen LogP contribution in [0.1, 0.15) is 12.8 Å². The maximum absolute atomic E-state index is 5.14. The van der Waals surface area contributed by atoms with Crippen LogP contribution in [0, 0.1) is 0 Å².